The van der Waals surface area contributed by atoms with E-state index in [1.165, 1.54) is 7.05 Å². The van der Waals surface area contributed by atoms with Gasteiger partial charge in [0.1, 0.15) is 16.8 Å². The second kappa shape index (κ2) is 17.7. The molecule has 0 radical (unpaired) electrons. The van der Waals surface area contributed by atoms with E-state index in [1.54, 1.807) is 34.9 Å². The number of aromatic nitrogens is 3. The number of likely N-dealkylation sites (N-methyl/N-ethyl adjacent to an activating group) is 1. The van der Waals surface area contributed by atoms with Crippen molar-refractivity contribution in [3.63, 3.8) is 0 Å². The predicted molar refractivity (Wildman–Crippen MR) is 240 cm³/mol. The zero-order chi connectivity index (χ0) is 44.7. The van der Waals surface area contributed by atoms with Gasteiger partial charge in [0.05, 0.1) is 24.4 Å². The molecule has 0 spiro atoms. The van der Waals surface area contributed by atoms with Crippen LogP contribution in [0.15, 0.2) is 47.4 Å². The summed E-state index contributed by atoms with van der Waals surface area (Å²) in [6.07, 6.45) is 4.07. The van der Waals surface area contributed by atoms with Crippen LogP contribution in [0.2, 0.25) is 5.02 Å². The lowest BCUT2D eigenvalue weighted by atomic mass is 9.78. The maximum atomic E-state index is 13.7. The Morgan fingerprint density at radius 3 is 2.41 bits per heavy atom. The number of halogens is 1. The van der Waals surface area contributed by atoms with Crippen LogP contribution < -0.4 is 40.8 Å². The average molecular weight is 883 g/mol. The summed E-state index contributed by atoms with van der Waals surface area (Å²) in [4.78, 5) is 81.6. The molecule has 3 N–H and O–H groups in total. The molecular weight excluding hydrogens is 828 g/mol. The van der Waals surface area contributed by atoms with Crippen molar-refractivity contribution < 1.29 is 28.7 Å². The number of piperidine rings is 2. The summed E-state index contributed by atoms with van der Waals surface area (Å²) < 4.78 is 12.9. The Hall–Kier alpha value is -5.94. The summed E-state index contributed by atoms with van der Waals surface area (Å²) >= 11 is 6.65. The fourth-order valence-electron chi connectivity index (χ4n) is 9.55. The van der Waals surface area contributed by atoms with Gasteiger partial charge in [-0.05, 0) is 83.2 Å². The van der Waals surface area contributed by atoms with Gasteiger partial charge in [-0.1, -0.05) is 11.6 Å². The third-order valence-electron chi connectivity index (χ3n) is 13.2. The molecule has 2 aromatic heterocycles. The molecule has 17 nitrogen and oxygen atoms in total. The van der Waals surface area contributed by atoms with Gasteiger partial charge in [-0.2, -0.15) is 4.98 Å². The van der Waals surface area contributed by atoms with Crippen LogP contribution in [0.3, 0.4) is 0 Å². The summed E-state index contributed by atoms with van der Waals surface area (Å²) in [5.41, 5.74) is 3.46. The van der Waals surface area contributed by atoms with Gasteiger partial charge in [0.15, 0.2) is 18.2 Å². The summed E-state index contributed by atoms with van der Waals surface area (Å²) in [7, 11) is 3.11. The third-order valence-corrected chi connectivity index (χ3v) is 13.5. The minimum atomic E-state index is -0.679. The number of anilines is 4. The van der Waals surface area contributed by atoms with Crippen molar-refractivity contribution in [1.82, 2.24) is 35.0 Å². The van der Waals surface area contributed by atoms with E-state index in [9.17, 15) is 24.0 Å². The number of imide groups is 1. The highest BCUT2D eigenvalue weighted by Gasteiger charge is 2.43. The minimum Gasteiger partial charge on any atom is -0.497 e. The molecule has 0 aliphatic carbocycles. The van der Waals surface area contributed by atoms with Crippen molar-refractivity contribution in [3.05, 3.63) is 69.1 Å². The topological polar surface area (TPSA) is 184 Å². The molecule has 0 saturated carbocycles. The van der Waals surface area contributed by atoms with Crippen molar-refractivity contribution in [2.24, 2.45) is 5.92 Å². The average Bonchev–Trinajstić information content (AvgIpc) is 3.60. The first kappa shape index (κ1) is 43.7. The number of rotatable bonds is 12. The second-order valence-electron chi connectivity index (χ2n) is 17.5. The van der Waals surface area contributed by atoms with Gasteiger partial charge in [-0.3, -0.25) is 34.2 Å². The van der Waals surface area contributed by atoms with Crippen LogP contribution in [0.1, 0.15) is 75.3 Å². The molecule has 1 atom stereocenters. The number of ether oxygens (including phenoxy) is 2. The second-order valence-corrected chi connectivity index (χ2v) is 17.9. The number of carbonyl (C=O) groups excluding carboxylic acids is 4. The first-order valence-corrected chi connectivity index (χ1v) is 22.0. The molecule has 3 fully saturated rings. The minimum absolute atomic E-state index is 0.0788. The van der Waals surface area contributed by atoms with E-state index in [1.807, 2.05) is 38.1 Å². The number of hydrogen-bond donors (Lipinski definition) is 3. The Morgan fingerprint density at radius 1 is 0.984 bits per heavy atom. The molecule has 4 aromatic rings. The summed E-state index contributed by atoms with van der Waals surface area (Å²) in [6.45, 7) is 13.3. The lowest BCUT2D eigenvalue weighted by molar-refractivity contribution is -0.137. The van der Waals surface area contributed by atoms with Crippen molar-refractivity contribution in [2.45, 2.75) is 77.5 Å². The molecular formula is C45H55ClN10O7. The Bertz CT molecular complexity index is 2510. The zero-order valence-electron chi connectivity index (χ0n) is 36.6. The number of nitrogens with one attached hydrogen (secondary N) is 3. The van der Waals surface area contributed by atoms with E-state index >= 15 is 0 Å². The third kappa shape index (κ3) is 8.60. The number of carbonyl (C=O) groups is 4. The van der Waals surface area contributed by atoms with Gasteiger partial charge < -0.3 is 39.4 Å². The summed E-state index contributed by atoms with van der Waals surface area (Å²) in [5, 5.41) is 9.36. The molecule has 63 heavy (non-hydrogen) atoms. The van der Waals surface area contributed by atoms with Crippen molar-refractivity contribution in [3.8, 4) is 11.5 Å². The van der Waals surface area contributed by atoms with Crippen LogP contribution in [0.25, 0.3) is 10.9 Å². The lowest BCUT2D eigenvalue weighted by Crippen LogP contribution is -2.59. The van der Waals surface area contributed by atoms with Gasteiger partial charge in [0.2, 0.25) is 17.8 Å². The van der Waals surface area contributed by atoms with Crippen LogP contribution in [-0.4, -0.2) is 120 Å². The van der Waals surface area contributed by atoms with Gasteiger partial charge in [0.25, 0.3) is 17.4 Å². The standard InChI is InChI=1S/C45H55ClN10O7/c1-26(2)56-34-8-7-29(19-27(34)20-37(43(56)61)63-25-39(58)47-5)49-40-33(46)23-48-44(51-40)53-15-17-54(18-16-53)45(3,4)28-11-13-52(14-12-28)36-22-30(62-6)21-31-32(36)24-55(42(31)60)35-9-10-38(57)50-41(35)59/h7-8,19-23,26,28,35H,9-18,24-25H2,1-6H3,(H,47,58)(H,48,49,51)(H,50,57,59). The number of amides is 4. The van der Waals surface area contributed by atoms with E-state index < -0.39 is 11.9 Å². The van der Waals surface area contributed by atoms with Crippen molar-refractivity contribution >= 4 is 69.3 Å². The molecule has 1 unspecified atom stereocenters. The fourth-order valence-corrected chi connectivity index (χ4v) is 9.69. The molecule has 18 heteroatoms. The predicted octanol–water partition coefficient (Wildman–Crippen LogP) is 4.48. The van der Waals surface area contributed by atoms with Crippen molar-refractivity contribution in [2.75, 3.05) is 75.1 Å². The largest absolute Gasteiger partial charge is 0.497 e. The first-order chi connectivity index (χ1) is 30.2. The highest BCUT2D eigenvalue weighted by Crippen LogP contribution is 2.41. The molecule has 2 aromatic carbocycles. The highest BCUT2D eigenvalue weighted by molar-refractivity contribution is 6.33. The summed E-state index contributed by atoms with van der Waals surface area (Å²) in [5.74, 6) is 0.875. The molecule has 3 saturated heterocycles. The molecule has 6 heterocycles. The first-order valence-electron chi connectivity index (χ1n) is 21.6. The van der Waals surface area contributed by atoms with Gasteiger partial charge in [-0.25, -0.2) is 4.98 Å². The van der Waals surface area contributed by atoms with Crippen LogP contribution in [0.4, 0.5) is 23.1 Å². The van der Waals surface area contributed by atoms with Crippen LogP contribution in [0.5, 0.6) is 11.5 Å². The van der Waals surface area contributed by atoms with E-state index in [4.69, 9.17) is 26.1 Å². The molecule has 4 aliphatic heterocycles. The SMILES string of the molecule is CNC(=O)COc1cc2cc(Nc3nc(N4CCN(C(C)(C)C5CCN(c6cc(OC)cc7c6CN(C6CCC(=O)NC6=O)C7=O)CC5)CC4)ncc3Cl)ccc2n(C(C)C)c1=O. The van der Waals surface area contributed by atoms with Crippen molar-refractivity contribution in [1.29, 1.82) is 0 Å². The van der Waals surface area contributed by atoms with E-state index in [2.05, 4.69) is 49.5 Å². The van der Waals surface area contributed by atoms with Crippen LogP contribution in [-0.2, 0) is 20.9 Å². The number of fused-ring (bicyclic) bond motifs is 2. The van der Waals surface area contributed by atoms with Gasteiger partial charge >= 0.3 is 0 Å². The molecule has 0 bridgehead atoms. The maximum absolute atomic E-state index is 13.7. The number of benzene rings is 2. The monoisotopic (exact) mass is 882 g/mol. The Balaban J connectivity index is 0.908. The smallest absolute Gasteiger partial charge is 0.293 e. The number of nitrogens with zero attached hydrogens (tertiary/aromatic N) is 7. The summed E-state index contributed by atoms with van der Waals surface area (Å²) in [6, 6.07) is 10.2. The quantitative estimate of drug-likeness (QED) is 0.170. The highest BCUT2D eigenvalue weighted by atomic mass is 35.5. The Kier molecular flexibility index (Phi) is 12.3. The molecule has 4 amide bonds. The zero-order valence-corrected chi connectivity index (χ0v) is 37.4. The fraction of sp³-hybridized carbons (Fsp3) is 0.489. The van der Waals surface area contributed by atoms with E-state index in [0.717, 1.165) is 74.3 Å². The van der Waals surface area contributed by atoms with Gasteiger partial charge in [-0.15, -0.1) is 0 Å². The van der Waals surface area contributed by atoms with Gasteiger partial charge in [0, 0.05) is 99.3 Å². The number of piperazine rings is 1. The van der Waals surface area contributed by atoms with Crippen LogP contribution >= 0.6 is 11.6 Å². The number of methoxy groups -OCH3 is 1. The number of pyridine rings is 1. The molecule has 334 valence electrons. The lowest BCUT2D eigenvalue weighted by Gasteiger charge is -2.50. The normalized spacial score (nSPS) is 18.8. The number of hydrogen-bond acceptors (Lipinski definition) is 13. The van der Waals surface area contributed by atoms with Crippen LogP contribution in [0, 0.1) is 5.92 Å². The Labute approximate surface area is 371 Å². The van der Waals surface area contributed by atoms with E-state index in [-0.39, 0.29) is 53.6 Å². The van der Waals surface area contributed by atoms with E-state index in [0.29, 0.717) is 52.7 Å². The molecule has 8 rings (SSSR count). The molecule has 4 aliphatic rings. The maximum Gasteiger partial charge on any atom is 0.293 e. The Morgan fingerprint density at radius 2 is 1.73 bits per heavy atom.